The van der Waals surface area contributed by atoms with Gasteiger partial charge in [-0.2, -0.15) is 22.8 Å². The molecule has 4 rings (SSSR count). The van der Waals surface area contributed by atoms with Gasteiger partial charge in [-0.05, 0) is 29.1 Å². The number of H-pyrrole nitrogens is 1. The van der Waals surface area contributed by atoms with Crippen molar-refractivity contribution in [2.45, 2.75) is 19.3 Å². The summed E-state index contributed by atoms with van der Waals surface area (Å²) in [6.07, 6.45) is -4.36. The molecule has 0 saturated carbocycles. The molecule has 0 bridgehead atoms. The Morgan fingerprint density at radius 3 is 2.68 bits per heavy atom. The molecular weight excluding hydrogens is 453 g/mol. The van der Waals surface area contributed by atoms with Crippen LogP contribution in [-0.2, 0) is 24.1 Å². The van der Waals surface area contributed by atoms with E-state index < -0.39 is 11.7 Å². The smallest absolute Gasteiger partial charge is 0.362 e. The zero-order valence-electron chi connectivity index (χ0n) is 15.9. The molecule has 0 aliphatic rings. The first kappa shape index (κ1) is 21.6. The van der Waals surface area contributed by atoms with Gasteiger partial charge in [0.15, 0.2) is 5.15 Å². The number of alkyl halides is 3. The lowest BCUT2D eigenvalue weighted by Gasteiger charge is -2.09. The van der Waals surface area contributed by atoms with Crippen LogP contribution in [0.15, 0.2) is 52.6 Å². The van der Waals surface area contributed by atoms with Crippen LogP contribution >= 0.6 is 22.9 Å². The summed E-state index contributed by atoms with van der Waals surface area (Å²) in [7, 11) is 0. The van der Waals surface area contributed by atoms with Gasteiger partial charge in [0, 0.05) is 23.2 Å². The molecule has 3 aromatic heterocycles. The van der Waals surface area contributed by atoms with E-state index in [9.17, 15) is 18.0 Å². The molecule has 0 fully saturated rings. The summed E-state index contributed by atoms with van der Waals surface area (Å²) in [5, 5.41) is 9.28. The first-order valence-electron chi connectivity index (χ1n) is 9.12. The van der Waals surface area contributed by atoms with E-state index in [2.05, 4.69) is 15.4 Å². The number of nitrogens with zero attached hydrogens (tertiary/aromatic N) is 2. The molecule has 0 saturated heterocycles. The second kappa shape index (κ2) is 8.83. The molecule has 0 aliphatic heterocycles. The van der Waals surface area contributed by atoms with E-state index in [1.165, 1.54) is 34.1 Å². The number of halogens is 4. The van der Waals surface area contributed by atoms with Crippen molar-refractivity contribution in [2.75, 3.05) is 6.73 Å². The van der Waals surface area contributed by atoms with Gasteiger partial charge in [0.1, 0.15) is 5.65 Å². The summed E-state index contributed by atoms with van der Waals surface area (Å²) < 4.78 is 44.4. The standard InChI is InChI=1S/C20H16ClF3N4O2S/c21-18-17(15-2-1-7-31-15)19-26-14(8-16(29)28(19)27-18)9-25-11-30-10-12-3-5-13(6-4-12)20(22,23)24/h1-8,25-26H,9-11H2. The summed E-state index contributed by atoms with van der Waals surface area (Å²) in [5.74, 6) is 0. The fourth-order valence-corrected chi connectivity index (χ4v) is 4.11. The Labute approximate surface area is 183 Å². The average Bonchev–Trinajstić information content (AvgIpc) is 3.35. The summed E-state index contributed by atoms with van der Waals surface area (Å²) in [6.45, 7) is 0.610. The minimum atomic E-state index is -4.36. The monoisotopic (exact) mass is 468 g/mol. The van der Waals surface area contributed by atoms with E-state index in [-0.39, 0.29) is 24.1 Å². The molecule has 0 radical (unpaired) electrons. The Balaban J connectivity index is 1.37. The molecule has 1 aromatic carbocycles. The number of hydrogen-bond donors (Lipinski definition) is 2. The van der Waals surface area contributed by atoms with Crippen LogP contribution < -0.4 is 10.9 Å². The van der Waals surface area contributed by atoms with Crippen LogP contribution in [0.25, 0.3) is 16.1 Å². The third-order valence-corrected chi connectivity index (χ3v) is 5.62. The predicted molar refractivity (Wildman–Crippen MR) is 112 cm³/mol. The van der Waals surface area contributed by atoms with Gasteiger partial charge in [0.05, 0.1) is 24.5 Å². The summed E-state index contributed by atoms with van der Waals surface area (Å²) in [5.41, 5.74) is 1.39. The Bertz CT molecular complexity index is 1230. The van der Waals surface area contributed by atoms with Crippen LogP contribution in [-0.4, -0.2) is 21.3 Å². The Morgan fingerprint density at radius 2 is 2.00 bits per heavy atom. The number of aromatic nitrogens is 3. The van der Waals surface area contributed by atoms with E-state index >= 15 is 0 Å². The fraction of sp³-hybridized carbons (Fsp3) is 0.200. The van der Waals surface area contributed by atoms with Crippen molar-refractivity contribution in [3.63, 3.8) is 0 Å². The lowest BCUT2D eigenvalue weighted by Crippen LogP contribution is -2.21. The molecule has 4 aromatic rings. The quantitative estimate of drug-likeness (QED) is 0.305. The van der Waals surface area contributed by atoms with Gasteiger partial charge in [0.25, 0.3) is 5.56 Å². The molecule has 0 aliphatic carbocycles. The van der Waals surface area contributed by atoms with Crippen molar-refractivity contribution in [1.82, 2.24) is 19.9 Å². The number of ether oxygens (including phenoxy) is 1. The van der Waals surface area contributed by atoms with Crippen LogP contribution in [0, 0.1) is 0 Å². The SMILES string of the molecule is O=c1cc(CNCOCc2ccc(C(F)(F)F)cc2)[nH]c2c(-c3cccs3)c(Cl)nn12. The normalized spacial score (nSPS) is 12.0. The first-order valence-corrected chi connectivity index (χ1v) is 10.4. The zero-order valence-corrected chi connectivity index (χ0v) is 17.4. The van der Waals surface area contributed by atoms with Crippen molar-refractivity contribution < 1.29 is 17.9 Å². The highest BCUT2D eigenvalue weighted by atomic mass is 35.5. The lowest BCUT2D eigenvalue weighted by atomic mass is 10.1. The number of nitrogens with one attached hydrogen (secondary N) is 2. The fourth-order valence-electron chi connectivity index (χ4n) is 3.02. The molecule has 6 nitrogen and oxygen atoms in total. The highest BCUT2D eigenvalue weighted by Crippen LogP contribution is 2.33. The molecule has 0 unspecified atom stereocenters. The molecular formula is C20H16ClF3N4O2S. The highest BCUT2D eigenvalue weighted by Gasteiger charge is 2.29. The first-order chi connectivity index (χ1) is 14.8. The van der Waals surface area contributed by atoms with E-state index in [1.807, 2.05) is 17.5 Å². The molecule has 11 heteroatoms. The Hall–Kier alpha value is -2.66. The molecule has 162 valence electrons. The van der Waals surface area contributed by atoms with Crippen LogP contribution in [0.5, 0.6) is 0 Å². The molecule has 0 amide bonds. The van der Waals surface area contributed by atoms with Crippen LogP contribution in [0.4, 0.5) is 13.2 Å². The number of hydrogen-bond acceptors (Lipinski definition) is 5. The Kier molecular flexibility index (Phi) is 6.15. The van der Waals surface area contributed by atoms with E-state index in [0.29, 0.717) is 29.0 Å². The van der Waals surface area contributed by atoms with E-state index in [1.54, 1.807) is 0 Å². The second-order valence-electron chi connectivity index (χ2n) is 6.65. The van der Waals surface area contributed by atoms with Gasteiger partial charge in [-0.3, -0.25) is 10.1 Å². The van der Waals surface area contributed by atoms with E-state index in [4.69, 9.17) is 16.3 Å². The van der Waals surface area contributed by atoms with Gasteiger partial charge in [-0.1, -0.05) is 29.8 Å². The van der Waals surface area contributed by atoms with Gasteiger partial charge in [-0.15, -0.1) is 11.3 Å². The third kappa shape index (κ3) is 4.82. The topological polar surface area (TPSA) is 71.4 Å². The van der Waals surface area contributed by atoms with Crippen molar-refractivity contribution in [2.24, 2.45) is 0 Å². The lowest BCUT2D eigenvalue weighted by molar-refractivity contribution is -0.137. The number of aromatic amines is 1. The molecule has 0 spiro atoms. The second-order valence-corrected chi connectivity index (χ2v) is 7.96. The minimum Gasteiger partial charge on any atom is -0.362 e. The molecule has 31 heavy (non-hydrogen) atoms. The maximum atomic E-state index is 12.6. The minimum absolute atomic E-state index is 0.145. The molecule has 3 heterocycles. The van der Waals surface area contributed by atoms with E-state index in [0.717, 1.165) is 17.0 Å². The van der Waals surface area contributed by atoms with Gasteiger partial charge in [0.2, 0.25) is 0 Å². The largest absolute Gasteiger partial charge is 0.416 e. The van der Waals surface area contributed by atoms with Gasteiger partial charge < -0.3 is 9.72 Å². The van der Waals surface area contributed by atoms with Crippen molar-refractivity contribution in [1.29, 1.82) is 0 Å². The summed E-state index contributed by atoms with van der Waals surface area (Å²) >= 11 is 7.73. The zero-order chi connectivity index (χ0) is 22.0. The number of rotatable bonds is 7. The van der Waals surface area contributed by atoms with Crippen LogP contribution in [0.2, 0.25) is 5.15 Å². The number of benzene rings is 1. The van der Waals surface area contributed by atoms with Crippen LogP contribution in [0.3, 0.4) is 0 Å². The van der Waals surface area contributed by atoms with Gasteiger partial charge in [-0.25, -0.2) is 0 Å². The predicted octanol–water partition coefficient (Wildman–Crippen LogP) is 4.69. The maximum Gasteiger partial charge on any atom is 0.416 e. The highest BCUT2D eigenvalue weighted by molar-refractivity contribution is 7.13. The van der Waals surface area contributed by atoms with Gasteiger partial charge >= 0.3 is 6.18 Å². The third-order valence-electron chi connectivity index (χ3n) is 4.47. The molecule has 2 N–H and O–H groups in total. The molecule has 0 atom stereocenters. The average molecular weight is 469 g/mol. The summed E-state index contributed by atoms with van der Waals surface area (Å²) in [6, 6.07) is 10.00. The Morgan fingerprint density at radius 1 is 1.23 bits per heavy atom. The van der Waals surface area contributed by atoms with Crippen LogP contribution in [0.1, 0.15) is 16.8 Å². The van der Waals surface area contributed by atoms with Crippen molar-refractivity contribution in [3.8, 4) is 10.4 Å². The van der Waals surface area contributed by atoms with Crippen molar-refractivity contribution in [3.05, 3.63) is 80.2 Å². The number of fused-ring (bicyclic) bond motifs is 1. The van der Waals surface area contributed by atoms with Crippen molar-refractivity contribution >= 4 is 28.6 Å². The number of thiophene rings is 1. The maximum absolute atomic E-state index is 12.6. The summed E-state index contributed by atoms with van der Waals surface area (Å²) in [4.78, 5) is 16.5.